The van der Waals surface area contributed by atoms with Crippen molar-refractivity contribution in [3.63, 3.8) is 0 Å². The third-order valence-electron chi connectivity index (χ3n) is 2.01. The van der Waals surface area contributed by atoms with E-state index in [0.29, 0.717) is 22.2 Å². The fraction of sp³-hybridized carbons (Fsp3) is 0.200. The lowest BCUT2D eigenvalue weighted by Gasteiger charge is -2.02. The summed E-state index contributed by atoms with van der Waals surface area (Å²) >= 11 is 5.96. The maximum Gasteiger partial charge on any atom is 0.252 e. The Morgan fingerprint density at radius 2 is 2.31 bits per heavy atom. The Kier molecular flexibility index (Phi) is 3.07. The molecule has 0 radical (unpaired) electrons. The van der Waals surface area contributed by atoms with E-state index in [2.05, 4.69) is 10.1 Å². The summed E-state index contributed by atoms with van der Waals surface area (Å²) < 4.78 is 9.81. The van der Waals surface area contributed by atoms with Crippen molar-refractivity contribution in [1.82, 2.24) is 10.1 Å². The third-order valence-corrected chi connectivity index (χ3v) is 2.31. The van der Waals surface area contributed by atoms with E-state index < -0.39 is 0 Å². The molecule has 0 aliphatic carbocycles. The van der Waals surface area contributed by atoms with Gasteiger partial charge in [-0.3, -0.25) is 0 Å². The van der Waals surface area contributed by atoms with E-state index in [1.165, 1.54) is 0 Å². The van der Waals surface area contributed by atoms with Crippen molar-refractivity contribution in [2.24, 2.45) is 0 Å². The second-order valence-electron chi connectivity index (χ2n) is 3.02. The molecule has 1 N–H and O–H groups in total. The quantitative estimate of drug-likeness (QED) is 0.887. The van der Waals surface area contributed by atoms with Gasteiger partial charge >= 0.3 is 0 Å². The molecule has 6 heteroatoms. The van der Waals surface area contributed by atoms with Crippen LogP contribution in [-0.2, 0) is 6.61 Å². The monoisotopic (exact) mass is 240 g/mol. The molecule has 1 aromatic heterocycles. The number of ether oxygens (including phenoxy) is 1. The molecule has 16 heavy (non-hydrogen) atoms. The maximum atomic E-state index is 8.79. The van der Waals surface area contributed by atoms with Crippen LogP contribution >= 0.6 is 11.6 Å². The molecule has 0 amide bonds. The molecule has 2 aromatic rings. The number of methoxy groups -OCH3 is 1. The van der Waals surface area contributed by atoms with Gasteiger partial charge in [0.25, 0.3) is 5.89 Å². The van der Waals surface area contributed by atoms with Crippen LogP contribution in [0.15, 0.2) is 22.7 Å². The van der Waals surface area contributed by atoms with Crippen LogP contribution in [0.1, 0.15) is 5.89 Å². The highest BCUT2D eigenvalue weighted by molar-refractivity contribution is 6.32. The summed E-state index contributed by atoms with van der Waals surface area (Å²) in [5, 5.41) is 13.0. The highest BCUT2D eigenvalue weighted by atomic mass is 35.5. The largest absolute Gasteiger partial charge is 0.495 e. The van der Waals surface area contributed by atoms with Crippen molar-refractivity contribution in [2.75, 3.05) is 7.11 Å². The van der Waals surface area contributed by atoms with Gasteiger partial charge in [0.1, 0.15) is 12.4 Å². The molecule has 0 bridgehead atoms. The number of hydrogen-bond donors (Lipinski definition) is 1. The lowest BCUT2D eigenvalue weighted by Crippen LogP contribution is -1.87. The Hall–Kier alpha value is -1.59. The molecule has 0 atom stereocenters. The second kappa shape index (κ2) is 4.51. The number of halogens is 1. The van der Waals surface area contributed by atoms with Crippen LogP contribution in [0.5, 0.6) is 5.75 Å². The topological polar surface area (TPSA) is 68.4 Å². The van der Waals surface area contributed by atoms with Crippen molar-refractivity contribution >= 4 is 11.6 Å². The molecule has 0 aliphatic rings. The van der Waals surface area contributed by atoms with Crippen LogP contribution in [-0.4, -0.2) is 22.4 Å². The Labute approximate surface area is 96.6 Å². The third kappa shape index (κ3) is 2.00. The fourth-order valence-electron chi connectivity index (χ4n) is 1.24. The zero-order valence-corrected chi connectivity index (χ0v) is 9.23. The van der Waals surface area contributed by atoms with Crippen LogP contribution < -0.4 is 4.74 Å². The van der Waals surface area contributed by atoms with Crippen molar-refractivity contribution in [3.05, 3.63) is 29.1 Å². The Morgan fingerprint density at radius 3 is 2.88 bits per heavy atom. The van der Waals surface area contributed by atoms with Crippen molar-refractivity contribution in [3.8, 4) is 17.1 Å². The van der Waals surface area contributed by atoms with Gasteiger partial charge in [0.15, 0.2) is 0 Å². The van der Waals surface area contributed by atoms with E-state index in [0.717, 1.165) is 0 Å². The average molecular weight is 241 g/mol. The van der Waals surface area contributed by atoms with E-state index in [-0.39, 0.29) is 12.5 Å². The minimum Gasteiger partial charge on any atom is -0.495 e. The van der Waals surface area contributed by atoms with Gasteiger partial charge in [-0.15, -0.1) is 0 Å². The molecule has 84 valence electrons. The molecule has 0 spiro atoms. The molecule has 1 aromatic carbocycles. The van der Waals surface area contributed by atoms with E-state index in [9.17, 15) is 0 Å². The number of rotatable bonds is 3. The summed E-state index contributed by atoms with van der Waals surface area (Å²) in [5.74, 6) is 1.13. The van der Waals surface area contributed by atoms with Crippen molar-refractivity contribution in [2.45, 2.75) is 6.61 Å². The first-order valence-electron chi connectivity index (χ1n) is 4.52. The van der Waals surface area contributed by atoms with Crippen LogP contribution in [0.2, 0.25) is 5.02 Å². The zero-order valence-electron chi connectivity index (χ0n) is 8.48. The minimum atomic E-state index is -0.281. The molecular weight excluding hydrogens is 232 g/mol. The van der Waals surface area contributed by atoms with Crippen molar-refractivity contribution in [1.29, 1.82) is 0 Å². The number of aliphatic hydroxyl groups excluding tert-OH is 1. The summed E-state index contributed by atoms with van der Waals surface area (Å²) in [5.41, 5.74) is 0.703. The molecule has 0 saturated heterocycles. The van der Waals surface area contributed by atoms with Gasteiger partial charge in [0, 0.05) is 5.56 Å². The van der Waals surface area contributed by atoms with Crippen molar-refractivity contribution < 1.29 is 14.4 Å². The molecule has 0 fully saturated rings. The minimum absolute atomic E-state index is 0.168. The predicted octanol–water partition coefficient (Wildman–Crippen LogP) is 1.89. The lowest BCUT2D eigenvalue weighted by atomic mass is 10.2. The smallest absolute Gasteiger partial charge is 0.252 e. The van der Waals surface area contributed by atoms with Crippen LogP contribution in [0, 0.1) is 0 Å². The van der Waals surface area contributed by atoms with Gasteiger partial charge in [-0.05, 0) is 18.2 Å². The highest BCUT2D eigenvalue weighted by Crippen LogP contribution is 2.28. The number of aromatic nitrogens is 2. The Bertz CT molecular complexity index is 499. The van der Waals surface area contributed by atoms with Gasteiger partial charge in [-0.2, -0.15) is 4.98 Å². The molecular formula is C10H9ClN2O3. The van der Waals surface area contributed by atoms with Gasteiger partial charge in [-0.25, -0.2) is 0 Å². The Morgan fingerprint density at radius 1 is 1.50 bits per heavy atom. The van der Waals surface area contributed by atoms with Gasteiger partial charge < -0.3 is 14.4 Å². The first kappa shape index (κ1) is 10.9. The SMILES string of the molecule is COc1ccc(-c2noc(CO)n2)cc1Cl. The number of nitrogens with zero attached hydrogens (tertiary/aromatic N) is 2. The molecule has 0 unspecified atom stereocenters. The first-order chi connectivity index (χ1) is 7.74. The van der Waals surface area contributed by atoms with Gasteiger partial charge in [0.05, 0.1) is 12.1 Å². The van der Waals surface area contributed by atoms with E-state index in [4.69, 9.17) is 26.0 Å². The van der Waals surface area contributed by atoms with Crippen LogP contribution in [0.3, 0.4) is 0 Å². The van der Waals surface area contributed by atoms with Gasteiger partial charge in [-0.1, -0.05) is 16.8 Å². The Balaban J connectivity index is 2.37. The number of benzene rings is 1. The molecule has 0 saturated carbocycles. The summed E-state index contributed by atoms with van der Waals surface area (Å²) in [4.78, 5) is 3.97. The fourth-order valence-corrected chi connectivity index (χ4v) is 1.50. The molecule has 1 heterocycles. The summed E-state index contributed by atoms with van der Waals surface area (Å²) in [6.45, 7) is -0.281. The van der Waals surface area contributed by atoms with E-state index in [1.807, 2.05) is 0 Å². The summed E-state index contributed by atoms with van der Waals surface area (Å²) in [6.07, 6.45) is 0. The lowest BCUT2D eigenvalue weighted by molar-refractivity contribution is 0.222. The average Bonchev–Trinajstić information content (AvgIpc) is 2.77. The normalized spacial score (nSPS) is 10.4. The molecule has 2 rings (SSSR count). The standard InChI is InChI=1S/C10H9ClN2O3/c1-15-8-3-2-6(4-7(8)11)10-12-9(5-14)16-13-10/h2-4,14H,5H2,1H3. The molecule has 5 nitrogen and oxygen atoms in total. The molecule has 0 aliphatic heterocycles. The highest BCUT2D eigenvalue weighted by Gasteiger charge is 2.09. The second-order valence-corrected chi connectivity index (χ2v) is 3.43. The zero-order chi connectivity index (χ0) is 11.5. The van der Waals surface area contributed by atoms with Crippen LogP contribution in [0.25, 0.3) is 11.4 Å². The van der Waals surface area contributed by atoms with E-state index >= 15 is 0 Å². The first-order valence-corrected chi connectivity index (χ1v) is 4.89. The van der Waals surface area contributed by atoms with Gasteiger partial charge in [0.2, 0.25) is 5.82 Å². The summed E-state index contributed by atoms with van der Waals surface area (Å²) in [6, 6.07) is 5.15. The maximum absolute atomic E-state index is 8.79. The predicted molar refractivity (Wildman–Crippen MR) is 57.2 cm³/mol. The number of aliphatic hydroxyl groups is 1. The van der Waals surface area contributed by atoms with E-state index in [1.54, 1.807) is 25.3 Å². The summed E-state index contributed by atoms with van der Waals surface area (Å²) in [7, 11) is 1.54. The van der Waals surface area contributed by atoms with Crippen LogP contribution in [0.4, 0.5) is 0 Å². The number of hydrogen-bond acceptors (Lipinski definition) is 5.